The zero-order chi connectivity index (χ0) is 20.3. The number of thiophene rings is 1. The Morgan fingerprint density at radius 1 is 1.29 bits per heavy atom. The summed E-state index contributed by atoms with van der Waals surface area (Å²) in [5.41, 5.74) is 1.14. The first-order valence-corrected chi connectivity index (χ1v) is 11.5. The molecule has 0 saturated carbocycles. The molecule has 2 aromatic heterocycles. The molecule has 28 heavy (non-hydrogen) atoms. The Bertz CT molecular complexity index is 949. The van der Waals surface area contributed by atoms with Gasteiger partial charge in [-0.15, -0.1) is 11.3 Å². The van der Waals surface area contributed by atoms with Gasteiger partial charge in [-0.3, -0.25) is 19.5 Å². The number of hydrogen-bond acceptors (Lipinski definition) is 6. The van der Waals surface area contributed by atoms with Gasteiger partial charge >= 0.3 is 6.03 Å². The maximum atomic E-state index is 13.0. The number of carbonyl (C=O) groups excluding carboxylic acids is 2. The molecule has 152 valence electrons. The number of amides is 3. The summed E-state index contributed by atoms with van der Waals surface area (Å²) in [6, 6.07) is -0.499. The number of nitrogens with one attached hydrogen (secondary N) is 2. The van der Waals surface area contributed by atoms with Gasteiger partial charge in [0.25, 0.3) is 5.56 Å². The van der Waals surface area contributed by atoms with Gasteiger partial charge in [-0.05, 0) is 44.1 Å². The molecule has 0 aliphatic heterocycles. The largest absolute Gasteiger partial charge is 0.338 e. The van der Waals surface area contributed by atoms with Crippen molar-refractivity contribution >= 4 is 45.3 Å². The summed E-state index contributed by atoms with van der Waals surface area (Å²) >= 11 is 2.79. The number of rotatable bonds is 6. The first-order chi connectivity index (χ1) is 13.4. The summed E-state index contributed by atoms with van der Waals surface area (Å²) in [4.78, 5) is 43.5. The third-order valence-electron chi connectivity index (χ3n) is 4.61. The van der Waals surface area contributed by atoms with E-state index < -0.39 is 11.9 Å². The van der Waals surface area contributed by atoms with E-state index >= 15 is 0 Å². The van der Waals surface area contributed by atoms with Crippen LogP contribution in [-0.4, -0.2) is 33.8 Å². The van der Waals surface area contributed by atoms with E-state index in [1.54, 1.807) is 15.9 Å². The normalized spacial score (nSPS) is 13.6. The highest BCUT2D eigenvalue weighted by Gasteiger charge is 2.22. The molecule has 3 rings (SSSR count). The number of carbonyl (C=O) groups is 2. The molecular formula is C19H26N4O3S2. The maximum Gasteiger partial charge on any atom is 0.321 e. The molecule has 2 heterocycles. The molecule has 0 bridgehead atoms. The van der Waals surface area contributed by atoms with Crippen LogP contribution in [0.4, 0.5) is 4.79 Å². The van der Waals surface area contributed by atoms with E-state index in [-0.39, 0.29) is 11.3 Å². The molecule has 0 fully saturated rings. The molecule has 0 atom stereocenters. The number of fused-ring (bicyclic) bond motifs is 3. The van der Waals surface area contributed by atoms with Gasteiger partial charge in [0.2, 0.25) is 5.91 Å². The predicted molar refractivity (Wildman–Crippen MR) is 113 cm³/mol. The Hall–Kier alpha value is -1.87. The molecule has 1 aliphatic rings. The van der Waals surface area contributed by atoms with Crippen molar-refractivity contribution < 1.29 is 9.59 Å². The highest BCUT2D eigenvalue weighted by Crippen LogP contribution is 2.34. The third-order valence-corrected chi connectivity index (χ3v) is 6.77. The number of hydrogen-bond donors (Lipinski definition) is 2. The van der Waals surface area contributed by atoms with Crippen molar-refractivity contribution in [2.24, 2.45) is 5.92 Å². The number of imide groups is 1. The van der Waals surface area contributed by atoms with Crippen molar-refractivity contribution in [2.45, 2.75) is 58.2 Å². The molecule has 0 aromatic carbocycles. The zero-order valence-electron chi connectivity index (χ0n) is 16.5. The lowest BCUT2D eigenvalue weighted by Gasteiger charge is -2.12. The number of urea groups is 1. The van der Waals surface area contributed by atoms with Crippen molar-refractivity contribution in [3.8, 4) is 0 Å². The van der Waals surface area contributed by atoms with E-state index in [2.05, 4.69) is 15.6 Å². The van der Waals surface area contributed by atoms with Crippen molar-refractivity contribution in [2.75, 3.05) is 12.3 Å². The van der Waals surface area contributed by atoms with E-state index in [0.717, 1.165) is 35.9 Å². The van der Waals surface area contributed by atoms with Crippen LogP contribution < -0.4 is 16.2 Å². The highest BCUT2D eigenvalue weighted by molar-refractivity contribution is 7.99. The van der Waals surface area contributed by atoms with Crippen molar-refractivity contribution in [1.29, 1.82) is 0 Å². The van der Waals surface area contributed by atoms with Gasteiger partial charge in [0.15, 0.2) is 5.16 Å². The van der Waals surface area contributed by atoms with Gasteiger partial charge in [-0.2, -0.15) is 0 Å². The minimum Gasteiger partial charge on any atom is -0.338 e. The van der Waals surface area contributed by atoms with Crippen LogP contribution in [0, 0.1) is 5.92 Å². The Morgan fingerprint density at radius 3 is 2.75 bits per heavy atom. The van der Waals surface area contributed by atoms with Crippen LogP contribution in [0.2, 0.25) is 0 Å². The lowest BCUT2D eigenvalue weighted by molar-refractivity contribution is -0.117. The van der Waals surface area contributed by atoms with Gasteiger partial charge in [0.05, 0.1) is 11.1 Å². The quantitative estimate of drug-likeness (QED) is 0.551. The van der Waals surface area contributed by atoms with Crippen LogP contribution in [0.5, 0.6) is 0 Å². The van der Waals surface area contributed by atoms with Gasteiger partial charge in [0, 0.05) is 18.0 Å². The van der Waals surface area contributed by atoms with Crippen molar-refractivity contribution in [1.82, 2.24) is 20.2 Å². The number of aromatic nitrogens is 2. The van der Waals surface area contributed by atoms with E-state index in [1.165, 1.54) is 22.2 Å². The van der Waals surface area contributed by atoms with E-state index in [4.69, 9.17) is 0 Å². The molecule has 3 amide bonds. The summed E-state index contributed by atoms with van der Waals surface area (Å²) in [5.74, 6) is -0.0755. The molecule has 7 nitrogen and oxygen atoms in total. The monoisotopic (exact) mass is 422 g/mol. The minimum atomic E-state index is -0.499. The van der Waals surface area contributed by atoms with Gasteiger partial charge in [-0.25, -0.2) is 9.78 Å². The number of aryl methyl sites for hydroxylation is 2. The third kappa shape index (κ3) is 4.57. The van der Waals surface area contributed by atoms with Gasteiger partial charge in [-0.1, -0.05) is 25.6 Å². The van der Waals surface area contributed by atoms with Gasteiger partial charge < -0.3 is 5.32 Å². The Labute approximate surface area is 172 Å². The molecule has 2 aromatic rings. The standard InChI is InChI=1S/C19H26N4O3S2/c1-4-23-17(25)15-12-7-5-6-8-13(12)28-16(15)22-19(23)27-10-14(24)21-18(26)20-9-11(2)3/h11H,4-10H2,1-3H3,(H2,20,21,24,26). The Balaban J connectivity index is 1.75. The van der Waals surface area contributed by atoms with Crippen LogP contribution >= 0.6 is 23.1 Å². The van der Waals surface area contributed by atoms with Crippen molar-refractivity contribution in [3.05, 3.63) is 20.8 Å². The summed E-state index contributed by atoms with van der Waals surface area (Å²) in [5, 5.41) is 6.24. The first-order valence-electron chi connectivity index (χ1n) is 9.66. The van der Waals surface area contributed by atoms with E-state index in [9.17, 15) is 14.4 Å². The number of nitrogens with zero attached hydrogens (tertiary/aromatic N) is 2. The molecule has 0 radical (unpaired) electrons. The van der Waals surface area contributed by atoms with E-state index in [1.807, 2.05) is 20.8 Å². The van der Waals surface area contributed by atoms with Gasteiger partial charge in [0.1, 0.15) is 4.83 Å². The second-order valence-corrected chi connectivity index (χ2v) is 9.30. The smallest absolute Gasteiger partial charge is 0.321 e. The summed E-state index contributed by atoms with van der Waals surface area (Å²) in [6.07, 6.45) is 4.22. The molecular weight excluding hydrogens is 396 g/mol. The molecule has 9 heteroatoms. The zero-order valence-corrected chi connectivity index (χ0v) is 18.1. The average molecular weight is 423 g/mol. The van der Waals surface area contributed by atoms with E-state index in [0.29, 0.717) is 24.2 Å². The average Bonchev–Trinajstić information content (AvgIpc) is 3.03. The SMILES string of the molecule is CCn1c(SCC(=O)NC(=O)NCC(C)C)nc2sc3c(c2c1=O)CCCC3. The van der Waals surface area contributed by atoms with Crippen LogP contribution in [0.15, 0.2) is 9.95 Å². The first kappa shape index (κ1) is 20.9. The molecule has 2 N–H and O–H groups in total. The topological polar surface area (TPSA) is 93.1 Å². The summed E-state index contributed by atoms with van der Waals surface area (Å²) in [7, 11) is 0. The fourth-order valence-electron chi connectivity index (χ4n) is 3.24. The number of thioether (sulfide) groups is 1. The van der Waals surface area contributed by atoms with Crippen LogP contribution in [0.25, 0.3) is 10.2 Å². The fourth-order valence-corrected chi connectivity index (χ4v) is 5.41. The maximum absolute atomic E-state index is 13.0. The van der Waals surface area contributed by atoms with Crippen LogP contribution in [-0.2, 0) is 24.2 Å². The fraction of sp³-hybridized carbons (Fsp3) is 0.579. The predicted octanol–water partition coefficient (Wildman–Crippen LogP) is 2.93. The van der Waals surface area contributed by atoms with Crippen LogP contribution in [0.3, 0.4) is 0 Å². The van der Waals surface area contributed by atoms with Crippen molar-refractivity contribution in [3.63, 3.8) is 0 Å². The Kier molecular flexibility index (Phi) is 6.77. The second-order valence-electron chi connectivity index (χ2n) is 7.28. The second kappa shape index (κ2) is 9.09. The highest BCUT2D eigenvalue weighted by atomic mass is 32.2. The lowest BCUT2D eigenvalue weighted by atomic mass is 9.97. The Morgan fingerprint density at radius 2 is 2.04 bits per heavy atom. The summed E-state index contributed by atoms with van der Waals surface area (Å²) in [6.45, 7) is 6.85. The molecule has 1 aliphatic carbocycles. The van der Waals surface area contributed by atoms with Crippen LogP contribution in [0.1, 0.15) is 44.1 Å². The minimum absolute atomic E-state index is 0.0236. The lowest BCUT2D eigenvalue weighted by Crippen LogP contribution is -2.41. The summed E-state index contributed by atoms with van der Waals surface area (Å²) < 4.78 is 1.63. The molecule has 0 unspecified atom stereocenters. The molecule has 0 saturated heterocycles. The molecule has 0 spiro atoms.